The van der Waals surface area contributed by atoms with Crippen LogP contribution in [0.15, 0.2) is 60.7 Å². The number of carbonyl (C=O) groups is 1. The second-order valence-electron chi connectivity index (χ2n) is 6.69. The zero-order valence-electron chi connectivity index (χ0n) is 13.9. The third kappa shape index (κ3) is 5.22. The number of benzene rings is 2. The molecule has 2 aromatic rings. The van der Waals surface area contributed by atoms with Crippen molar-refractivity contribution in [3.05, 3.63) is 71.8 Å². The van der Waals surface area contributed by atoms with Crippen molar-refractivity contribution >= 4 is 5.97 Å². The first-order valence-electron chi connectivity index (χ1n) is 7.86. The number of hydrogen-bond donors (Lipinski definition) is 1. The van der Waals surface area contributed by atoms with E-state index in [4.69, 9.17) is 4.74 Å². The summed E-state index contributed by atoms with van der Waals surface area (Å²) < 4.78 is 5.52. The molecule has 0 amide bonds. The van der Waals surface area contributed by atoms with E-state index in [1.807, 2.05) is 81.4 Å². The molecular formula is C20H24O3. The van der Waals surface area contributed by atoms with E-state index in [1.165, 1.54) is 0 Å². The lowest BCUT2D eigenvalue weighted by Crippen LogP contribution is -2.33. The average molecular weight is 312 g/mol. The van der Waals surface area contributed by atoms with Crippen LogP contribution in [0.2, 0.25) is 0 Å². The summed E-state index contributed by atoms with van der Waals surface area (Å²) in [5.41, 5.74) is 1.14. The molecule has 23 heavy (non-hydrogen) atoms. The second-order valence-corrected chi connectivity index (χ2v) is 6.69. The van der Waals surface area contributed by atoms with Crippen molar-refractivity contribution in [2.45, 2.75) is 38.9 Å². The van der Waals surface area contributed by atoms with Crippen molar-refractivity contribution in [1.29, 1.82) is 0 Å². The van der Waals surface area contributed by atoms with Gasteiger partial charge in [-0.2, -0.15) is 0 Å². The molecule has 3 heteroatoms. The molecule has 0 unspecified atom stereocenters. The van der Waals surface area contributed by atoms with Gasteiger partial charge in [0, 0.05) is 0 Å². The molecule has 0 fully saturated rings. The maximum Gasteiger partial charge on any atom is 0.312 e. The van der Waals surface area contributed by atoms with E-state index in [2.05, 4.69) is 0 Å². The van der Waals surface area contributed by atoms with Crippen molar-refractivity contribution in [2.24, 2.45) is 5.92 Å². The molecular weight excluding hydrogens is 288 g/mol. The Balaban J connectivity index is 2.25. The summed E-state index contributed by atoms with van der Waals surface area (Å²) >= 11 is 0. The van der Waals surface area contributed by atoms with Gasteiger partial charge >= 0.3 is 5.97 Å². The number of aliphatic hydroxyl groups excluding tert-OH is 1. The molecule has 122 valence electrons. The number of carbonyl (C=O) groups excluding carboxylic acids is 1. The fraction of sp³-hybridized carbons (Fsp3) is 0.350. The summed E-state index contributed by atoms with van der Waals surface area (Å²) in [5, 5.41) is 10.7. The van der Waals surface area contributed by atoms with E-state index in [9.17, 15) is 9.90 Å². The van der Waals surface area contributed by atoms with Crippen LogP contribution in [0.5, 0.6) is 0 Å². The summed E-state index contributed by atoms with van der Waals surface area (Å²) in [4.78, 5) is 12.6. The Morgan fingerprint density at radius 1 is 1.00 bits per heavy atom. The van der Waals surface area contributed by atoms with Gasteiger partial charge in [0.05, 0.1) is 12.0 Å². The van der Waals surface area contributed by atoms with E-state index < -0.39 is 17.6 Å². The minimum atomic E-state index is -0.897. The van der Waals surface area contributed by atoms with Crippen LogP contribution in [0.25, 0.3) is 0 Å². The Kier molecular flexibility index (Phi) is 5.56. The highest BCUT2D eigenvalue weighted by molar-refractivity contribution is 5.74. The van der Waals surface area contributed by atoms with E-state index in [0.717, 1.165) is 11.1 Å². The van der Waals surface area contributed by atoms with E-state index in [1.54, 1.807) is 0 Å². The standard InChI is InChI=1S/C20H24O3/c1-20(2,3)23-19(22)17(14-15-10-6-4-7-11-15)18(21)16-12-8-5-9-13-16/h4-13,17-18,21H,14H2,1-3H3/t17-,18-/m0/s1. The van der Waals surface area contributed by atoms with Gasteiger partial charge in [0.2, 0.25) is 0 Å². The second kappa shape index (κ2) is 7.42. The van der Waals surface area contributed by atoms with Crippen LogP contribution in [-0.4, -0.2) is 16.7 Å². The average Bonchev–Trinajstić information content (AvgIpc) is 2.52. The van der Waals surface area contributed by atoms with Gasteiger partial charge in [0.1, 0.15) is 5.60 Å². The van der Waals surface area contributed by atoms with Crippen LogP contribution in [-0.2, 0) is 16.0 Å². The summed E-state index contributed by atoms with van der Waals surface area (Å²) in [6.07, 6.45) is -0.461. The van der Waals surface area contributed by atoms with Crippen molar-refractivity contribution in [2.75, 3.05) is 0 Å². The summed E-state index contributed by atoms with van der Waals surface area (Å²) in [7, 11) is 0. The number of aliphatic hydroxyl groups is 1. The van der Waals surface area contributed by atoms with Gasteiger partial charge in [-0.3, -0.25) is 4.79 Å². The molecule has 0 aromatic heterocycles. The largest absolute Gasteiger partial charge is 0.460 e. The first-order valence-corrected chi connectivity index (χ1v) is 7.86. The van der Waals surface area contributed by atoms with Crippen molar-refractivity contribution in [3.8, 4) is 0 Å². The van der Waals surface area contributed by atoms with Gasteiger partial charge in [-0.25, -0.2) is 0 Å². The molecule has 2 rings (SSSR count). The van der Waals surface area contributed by atoms with Crippen LogP contribution < -0.4 is 0 Å². The van der Waals surface area contributed by atoms with Gasteiger partial charge < -0.3 is 9.84 Å². The molecule has 0 radical (unpaired) electrons. The molecule has 0 saturated carbocycles. The zero-order chi connectivity index (χ0) is 16.9. The predicted octanol–water partition coefficient (Wildman–Crippen LogP) is 3.92. The van der Waals surface area contributed by atoms with Gasteiger partial charge in [0.25, 0.3) is 0 Å². The van der Waals surface area contributed by atoms with Gasteiger partial charge in [-0.15, -0.1) is 0 Å². The molecule has 0 aliphatic heterocycles. The minimum absolute atomic E-state index is 0.377. The van der Waals surface area contributed by atoms with Gasteiger partial charge in [0.15, 0.2) is 0 Å². The molecule has 0 aliphatic rings. The highest BCUT2D eigenvalue weighted by Crippen LogP contribution is 2.28. The monoisotopic (exact) mass is 312 g/mol. The van der Waals surface area contributed by atoms with Gasteiger partial charge in [-0.05, 0) is 38.3 Å². The normalized spacial score (nSPS) is 14.1. The molecule has 2 atom stereocenters. The third-order valence-corrected chi connectivity index (χ3v) is 3.53. The van der Waals surface area contributed by atoms with E-state index in [-0.39, 0.29) is 5.97 Å². The quantitative estimate of drug-likeness (QED) is 0.851. The Morgan fingerprint density at radius 3 is 2.04 bits per heavy atom. The van der Waals surface area contributed by atoms with Crippen LogP contribution in [0.3, 0.4) is 0 Å². The first kappa shape index (κ1) is 17.2. The maximum absolute atomic E-state index is 12.6. The Morgan fingerprint density at radius 2 is 1.52 bits per heavy atom. The molecule has 0 saturated heterocycles. The molecule has 0 bridgehead atoms. The third-order valence-electron chi connectivity index (χ3n) is 3.53. The summed E-state index contributed by atoms with van der Waals surface area (Å²) in [6.45, 7) is 5.50. The molecule has 0 heterocycles. The molecule has 0 aliphatic carbocycles. The zero-order valence-corrected chi connectivity index (χ0v) is 13.9. The van der Waals surface area contributed by atoms with Crippen molar-refractivity contribution in [3.63, 3.8) is 0 Å². The van der Waals surface area contributed by atoms with Crippen molar-refractivity contribution < 1.29 is 14.6 Å². The lowest BCUT2D eigenvalue weighted by atomic mass is 9.89. The first-order chi connectivity index (χ1) is 10.9. The molecule has 3 nitrogen and oxygen atoms in total. The number of hydrogen-bond acceptors (Lipinski definition) is 3. The van der Waals surface area contributed by atoms with Crippen molar-refractivity contribution in [1.82, 2.24) is 0 Å². The SMILES string of the molecule is CC(C)(C)OC(=O)[C@@H](Cc1ccccc1)[C@@H](O)c1ccccc1. The summed E-state index contributed by atoms with van der Waals surface area (Å²) in [6, 6.07) is 18.9. The molecule has 2 aromatic carbocycles. The topological polar surface area (TPSA) is 46.5 Å². The van der Waals surface area contributed by atoms with Crippen LogP contribution in [0.4, 0.5) is 0 Å². The number of ether oxygens (including phenoxy) is 1. The minimum Gasteiger partial charge on any atom is -0.460 e. The maximum atomic E-state index is 12.6. The highest BCUT2D eigenvalue weighted by atomic mass is 16.6. The molecule has 0 spiro atoms. The van der Waals surface area contributed by atoms with Gasteiger partial charge in [-0.1, -0.05) is 60.7 Å². The van der Waals surface area contributed by atoms with Crippen LogP contribution in [0, 0.1) is 5.92 Å². The lowest BCUT2D eigenvalue weighted by molar-refractivity contribution is -0.164. The predicted molar refractivity (Wildman–Crippen MR) is 90.9 cm³/mol. The van der Waals surface area contributed by atoms with E-state index >= 15 is 0 Å². The number of esters is 1. The van der Waals surface area contributed by atoms with Crippen LogP contribution in [0.1, 0.15) is 38.0 Å². The molecule has 1 N–H and O–H groups in total. The Labute approximate surface area is 137 Å². The number of rotatable bonds is 5. The Hall–Kier alpha value is -2.13. The lowest BCUT2D eigenvalue weighted by Gasteiger charge is -2.27. The summed E-state index contributed by atoms with van der Waals surface area (Å²) in [5.74, 6) is -1.02. The highest BCUT2D eigenvalue weighted by Gasteiger charge is 2.32. The smallest absolute Gasteiger partial charge is 0.312 e. The fourth-order valence-corrected chi connectivity index (χ4v) is 2.45. The fourth-order valence-electron chi connectivity index (χ4n) is 2.45. The van der Waals surface area contributed by atoms with Crippen LogP contribution >= 0.6 is 0 Å². The Bertz CT molecular complexity index is 614. The van der Waals surface area contributed by atoms with E-state index in [0.29, 0.717) is 6.42 Å².